The van der Waals surface area contributed by atoms with E-state index in [4.69, 9.17) is 0 Å². The van der Waals surface area contributed by atoms with Crippen LogP contribution in [0.15, 0.2) is 16.7 Å². The van der Waals surface area contributed by atoms with Crippen LogP contribution in [0.5, 0.6) is 5.75 Å². The molecule has 5 rings (SSSR count). The van der Waals surface area contributed by atoms with E-state index in [0.29, 0.717) is 34.6 Å². The first-order chi connectivity index (χ1) is 15.7. The predicted octanol–water partition coefficient (Wildman–Crippen LogP) is 6.13. The van der Waals surface area contributed by atoms with Gasteiger partial charge in [0.2, 0.25) is 5.91 Å². The molecular formula is C25H28BrFN2O3S. The Morgan fingerprint density at radius 1 is 1.42 bits per heavy atom. The lowest BCUT2D eigenvalue weighted by Gasteiger charge is -2.50. The van der Waals surface area contributed by atoms with E-state index in [1.165, 1.54) is 17.4 Å². The first-order valence-corrected chi connectivity index (χ1v) is 13.2. The summed E-state index contributed by atoms with van der Waals surface area (Å²) in [6, 6.07) is 1.50. The van der Waals surface area contributed by atoms with E-state index >= 15 is 0 Å². The SMILES string of the molecule is Cc1cnc(NC(=O)CC[C@@H]2CC(=O)[C@@]3(C)CCC4c5cc(F)c(O)c(Br)c5CCC4C23)s1. The van der Waals surface area contributed by atoms with E-state index in [-0.39, 0.29) is 40.7 Å². The zero-order valence-corrected chi connectivity index (χ0v) is 21.2. The second-order valence-electron chi connectivity index (χ2n) is 10.1. The van der Waals surface area contributed by atoms with Gasteiger partial charge < -0.3 is 10.4 Å². The van der Waals surface area contributed by atoms with Gasteiger partial charge in [0.15, 0.2) is 16.7 Å². The van der Waals surface area contributed by atoms with Crippen LogP contribution < -0.4 is 5.32 Å². The highest BCUT2D eigenvalue weighted by molar-refractivity contribution is 9.10. The normalized spacial score (nSPS) is 30.5. The fraction of sp³-hybridized carbons (Fsp3) is 0.560. The summed E-state index contributed by atoms with van der Waals surface area (Å²) in [6.07, 6.45) is 6.61. The number of ketones is 1. The molecule has 1 aromatic carbocycles. The molecule has 0 bridgehead atoms. The molecule has 8 heteroatoms. The Labute approximate surface area is 205 Å². The van der Waals surface area contributed by atoms with Crippen molar-refractivity contribution >= 4 is 44.1 Å². The van der Waals surface area contributed by atoms with Crippen LogP contribution in [0.25, 0.3) is 0 Å². The Morgan fingerprint density at radius 2 is 2.21 bits per heavy atom. The summed E-state index contributed by atoms with van der Waals surface area (Å²) in [6.45, 7) is 4.06. The third-order valence-electron chi connectivity index (χ3n) is 8.35. The number of nitrogens with one attached hydrogen (secondary N) is 1. The molecule has 3 aliphatic rings. The van der Waals surface area contributed by atoms with Gasteiger partial charge in [0.25, 0.3) is 0 Å². The largest absolute Gasteiger partial charge is 0.504 e. The number of carbonyl (C=O) groups excluding carboxylic acids is 2. The van der Waals surface area contributed by atoms with Crippen LogP contribution in [0.1, 0.15) is 67.4 Å². The number of halogens is 2. The molecule has 33 heavy (non-hydrogen) atoms. The van der Waals surface area contributed by atoms with E-state index in [1.807, 2.05) is 6.92 Å². The van der Waals surface area contributed by atoms with Gasteiger partial charge >= 0.3 is 0 Å². The molecule has 0 spiro atoms. The number of nitrogens with zero attached hydrogens (tertiary/aromatic N) is 1. The number of phenolic OH excluding ortho intramolecular Hbond substituents is 1. The molecule has 3 aliphatic carbocycles. The van der Waals surface area contributed by atoms with E-state index < -0.39 is 5.82 Å². The third kappa shape index (κ3) is 3.83. The molecule has 2 saturated carbocycles. The molecule has 1 aromatic heterocycles. The number of aryl methyl sites for hydroxylation is 1. The Kier molecular flexibility index (Phi) is 5.88. The maximum absolute atomic E-state index is 14.4. The molecule has 1 heterocycles. The molecule has 176 valence electrons. The fourth-order valence-corrected chi connectivity index (χ4v) is 8.17. The van der Waals surface area contributed by atoms with Crippen molar-refractivity contribution in [2.24, 2.45) is 23.2 Å². The van der Waals surface area contributed by atoms with Crippen molar-refractivity contribution < 1.29 is 19.1 Å². The van der Waals surface area contributed by atoms with Crippen molar-refractivity contribution in [1.29, 1.82) is 0 Å². The summed E-state index contributed by atoms with van der Waals surface area (Å²) in [7, 11) is 0. The number of aromatic hydroxyl groups is 1. The number of fused-ring (bicyclic) bond motifs is 5. The van der Waals surface area contributed by atoms with Gasteiger partial charge in [-0.25, -0.2) is 9.37 Å². The van der Waals surface area contributed by atoms with Gasteiger partial charge in [0.05, 0.1) is 4.47 Å². The van der Waals surface area contributed by atoms with E-state index in [0.717, 1.165) is 41.7 Å². The standard InChI is InChI=1S/C25H28BrFN2O3S/c1-12-11-28-24(33-12)29-20(31)6-3-13-9-19(30)25(2)8-7-14-15(21(13)25)4-5-16-17(14)10-18(27)23(32)22(16)26/h10-11,13-15,21,32H,3-9H2,1-2H3,(H,28,29,31)/t13-,14?,15?,21?,25-/m1/s1. The highest BCUT2D eigenvalue weighted by Gasteiger charge is 2.58. The molecule has 1 amide bonds. The first-order valence-electron chi connectivity index (χ1n) is 11.6. The summed E-state index contributed by atoms with van der Waals surface area (Å²) in [4.78, 5) is 30.9. The van der Waals surface area contributed by atoms with Crippen molar-refractivity contribution in [3.05, 3.63) is 38.6 Å². The van der Waals surface area contributed by atoms with Crippen LogP contribution in [0.4, 0.5) is 9.52 Å². The molecule has 3 unspecified atom stereocenters. The predicted molar refractivity (Wildman–Crippen MR) is 129 cm³/mol. The lowest BCUT2D eigenvalue weighted by Crippen LogP contribution is -2.44. The quantitative estimate of drug-likeness (QED) is 0.494. The number of anilines is 1. The number of phenols is 1. The number of hydrogen-bond acceptors (Lipinski definition) is 5. The second-order valence-corrected chi connectivity index (χ2v) is 12.2. The second kappa shape index (κ2) is 8.45. The Hall–Kier alpha value is -1.80. The third-order valence-corrected chi connectivity index (χ3v) is 10.0. The topological polar surface area (TPSA) is 79.3 Å². The van der Waals surface area contributed by atoms with Crippen molar-refractivity contribution in [3.63, 3.8) is 0 Å². The van der Waals surface area contributed by atoms with Crippen molar-refractivity contribution in [3.8, 4) is 5.75 Å². The molecule has 0 radical (unpaired) electrons. The Morgan fingerprint density at radius 3 is 2.94 bits per heavy atom. The van der Waals surface area contributed by atoms with Crippen molar-refractivity contribution in [2.75, 3.05) is 5.32 Å². The molecule has 2 aromatic rings. The van der Waals surface area contributed by atoms with Crippen molar-refractivity contribution in [2.45, 2.75) is 64.7 Å². The van der Waals surface area contributed by atoms with Gasteiger partial charge in [-0.1, -0.05) is 6.92 Å². The molecule has 5 atom stereocenters. The van der Waals surface area contributed by atoms with Gasteiger partial charge in [-0.05, 0) is 95.8 Å². The van der Waals surface area contributed by atoms with Crippen LogP contribution in [0, 0.1) is 35.9 Å². The van der Waals surface area contributed by atoms with Crippen LogP contribution in [0.3, 0.4) is 0 Å². The zero-order valence-electron chi connectivity index (χ0n) is 18.8. The maximum atomic E-state index is 14.4. The minimum Gasteiger partial charge on any atom is -0.504 e. The Bertz CT molecular complexity index is 1140. The van der Waals surface area contributed by atoms with Crippen LogP contribution in [-0.2, 0) is 16.0 Å². The summed E-state index contributed by atoms with van der Waals surface area (Å²) in [5.74, 6) is 0.162. The minimum absolute atomic E-state index is 0.0618. The zero-order chi connectivity index (χ0) is 23.5. The smallest absolute Gasteiger partial charge is 0.226 e. The monoisotopic (exact) mass is 534 g/mol. The number of Topliss-reactive ketones (excluding diaryl/α,β-unsaturated/α-hetero) is 1. The molecular weight excluding hydrogens is 507 g/mol. The average Bonchev–Trinajstić information content (AvgIpc) is 3.30. The summed E-state index contributed by atoms with van der Waals surface area (Å²) in [5.41, 5.74) is 1.61. The molecule has 5 nitrogen and oxygen atoms in total. The molecule has 0 aliphatic heterocycles. The van der Waals surface area contributed by atoms with Gasteiger partial charge in [-0.2, -0.15) is 0 Å². The Balaban J connectivity index is 1.37. The summed E-state index contributed by atoms with van der Waals surface area (Å²) in [5, 5.41) is 13.5. The number of carbonyl (C=O) groups is 2. The van der Waals surface area contributed by atoms with Gasteiger partial charge in [-0.3, -0.25) is 9.59 Å². The highest BCUT2D eigenvalue weighted by Crippen LogP contribution is 2.62. The lowest BCUT2D eigenvalue weighted by atomic mass is 9.54. The van der Waals surface area contributed by atoms with Crippen LogP contribution in [-0.4, -0.2) is 21.8 Å². The lowest BCUT2D eigenvalue weighted by molar-refractivity contribution is -0.129. The van der Waals surface area contributed by atoms with Gasteiger partial charge in [-0.15, -0.1) is 11.3 Å². The summed E-state index contributed by atoms with van der Waals surface area (Å²) >= 11 is 4.85. The van der Waals surface area contributed by atoms with Crippen LogP contribution >= 0.6 is 27.3 Å². The number of amides is 1. The number of thiazole rings is 1. The molecule has 0 saturated heterocycles. The molecule has 2 N–H and O–H groups in total. The number of aromatic nitrogens is 1. The number of rotatable bonds is 4. The number of hydrogen-bond donors (Lipinski definition) is 2. The van der Waals surface area contributed by atoms with E-state index in [2.05, 4.69) is 33.2 Å². The maximum Gasteiger partial charge on any atom is 0.226 e. The highest BCUT2D eigenvalue weighted by atomic mass is 79.9. The summed E-state index contributed by atoms with van der Waals surface area (Å²) < 4.78 is 14.9. The first kappa shape index (κ1) is 23.0. The van der Waals surface area contributed by atoms with Gasteiger partial charge in [0, 0.05) is 29.3 Å². The van der Waals surface area contributed by atoms with Crippen LogP contribution in [0.2, 0.25) is 0 Å². The fourth-order valence-electron chi connectivity index (χ4n) is 6.87. The minimum atomic E-state index is -0.595. The number of benzene rings is 1. The van der Waals surface area contributed by atoms with Gasteiger partial charge in [0.1, 0.15) is 5.78 Å². The molecule has 2 fully saturated rings. The van der Waals surface area contributed by atoms with E-state index in [1.54, 1.807) is 6.20 Å². The average molecular weight is 535 g/mol. The van der Waals surface area contributed by atoms with Crippen molar-refractivity contribution in [1.82, 2.24) is 4.98 Å². The van der Waals surface area contributed by atoms with E-state index in [9.17, 15) is 19.1 Å².